The van der Waals surface area contributed by atoms with Gasteiger partial charge in [0.25, 0.3) is 0 Å². The molecular weight excluding hydrogens is 460 g/mol. The Morgan fingerprint density at radius 3 is 2.70 bits per heavy atom. The minimum absolute atomic E-state index is 0.0904. The Morgan fingerprint density at radius 2 is 2.03 bits per heavy atom. The fraction of sp³-hybridized carbons (Fsp3) is 0.450. The van der Waals surface area contributed by atoms with Gasteiger partial charge in [0, 0.05) is 0 Å². The van der Waals surface area contributed by atoms with Crippen LogP contribution in [0.4, 0.5) is 24.8 Å². The maximum atomic E-state index is 12.9. The molecular formula is C20H24AsF3N4O2. The average molecular weight is 484 g/mol. The molecule has 1 saturated heterocycles. The number of carbonyl (C=O) groups excluding carboxylic acids is 1. The van der Waals surface area contributed by atoms with E-state index in [-0.39, 0.29) is 18.4 Å². The van der Waals surface area contributed by atoms with Gasteiger partial charge < -0.3 is 0 Å². The number of benzene rings is 1. The van der Waals surface area contributed by atoms with Crippen LogP contribution in [0.15, 0.2) is 30.6 Å². The Kier molecular flexibility index (Phi) is 7.23. The second kappa shape index (κ2) is 9.68. The summed E-state index contributed by atoms with van der Waals surface area (Å²) in [5.74, 6) is 1.15. The minimum atomic E-state index is -4.37. The van der Waals surface area contributed by atoms with Crippen molar-refractivity contribution in [3.8, 4) is 0 Å². The van der Waals surface area contributed by atoms with Crippen LogP contribution in [-0.2, 0) is 22.3 Å². The third-order valence-electron chi connectivity index (χ3n) is 4.99. The molecule has 2 aromatic rings. The van der Waals surface area contributed by atoms with Crippen molar-refractivity contribution >= 4 is 38.8 Å². The second-order valence-electron chi connectivity index (χ2n) is 7.02. The monoisotopic (exact) mass is 484 g/mol. The van der Waals surface area contributed by atoms with E-state index in [0.717, 1.165) is 22.3 Å². The molecule has 10 heteroatoms. The zero-order valence-electron chi connectivity index (χ0n) is 16.6. The molecule has 1 aromatic heterocycles. The SMILES string of the molecule is CCOC(=O)C1CCN(c2ncnc(NCc3cccc(C(F)(F)F)c3)c2[AsH2])CC1. The first-order valence-corrected chi connectivity index (χ1v) is 10.9. The van der Waals surface area contributed by atoms with Gasteiger partial charge in [-0.3, -0.25) is 0 Å². The molecule has 1 N–H and O–H groups in total. The number of carbonyl (C=O) groups is 1. The molecule has 1 unspecified atom stereocenters. The number of alkyl halides is 3. The Balaban J connectivity index is 1.65. The number of hydrogen-bond acceptors (Lipinski definition) is 6. The Labute approximate surface area is 181 Å². The number of halogens is 3. The van der Waals surface area contributed by atoms with Crippen molar-refractivity contribution in [2.24, 2.45) is 5.92 Å². The third kappa shape index (κ3) is 5.45. The van der Waals surface area contributed by atoms with Gasteiger partial charge in [-0.05, 0) is 0 Å². The second-order valence-corrected chi connectivity index (χ2v) is 8.24. The molecule has 162 valence electrons. The number of nitrogens with zero attached hydrogens (tertiary/aromatic N) is 3. The fourth-order valence-corrected chi connectivity index (χ4v) is 4.32. The number of hydrogen-bond donors (Lipinski definition) is 1. The first kappa shape index (κ1) is 22.4. The number of nitrogens with one attached hydrogen (secondary N) is 1. The predicted molar refractivity (Wildman–Crippen MR) is 111 cm³/mol. The number of rotatable bonds is 6. The van der Waals surface area contributed by atoms with Gasteiger partial charge in [-0.2, -0.15) is 0 Å². The Bertz CT molecular complexity index is 887. The Morgan fingerprint density at radius 1 is 1.30 bits per heavy atom. The number of anilines is 2. The summed E-state index contributed by atoms with van der Waals surface area (Å²) in [4.78, 5) is 22.7. The molecule has 0 radical (unpaired) electrons. The van der Waals surface area contributed by atoms with Gasteiger partial charge in [0.15, 0.2) is 0 Å². The van der Waals surface area contributed by atoms with Gasteiger partial charge in [0.1, 0.15) is 0 Å². The van der Waals surface area contributed by atoms with Crippen LogP contribution in [0.25, 0.3) is 0 Å². The van der Waals surface area contributed by atoms with E-state index >= 15 is 0 Å². The molecule has 1 aromatic carbocycles. The summed E-state index contributed by atoms with van der Waals surface area (Å²) in [6.45, 7) is 3.78. The molecule has 0 saturated carbocycles. The summed E-state index contributed by atoms with van der Waals surface area (Å²) in [5.41, 5.74) is -0.150. The third-order valence-corrected chi connectivity index (χ3v) is 6.11. The van der Waals surface area contributed by atoms with Crippen molar-refractivity contribution in [3.63, 3.8) is 0 Å². The van der Waals surface area contributed by atoms with Gasteiger partial charge in [-0.25, -0.2) is 0 Å². The summed E-state index contributed by atoms with van der Waals surface area (Å²) >= 11 is 1.33. The zero-order valence-corrected chi connectivity index (χ0v) is 19.0. The average Bonchev–Trinajstić information content (AvgIpc) is 2.73. The van der Waals surface area contributed by atoms with Crippen LogP contribution < -0.4 is 14.6 Å². The summed E-state index contributed by atoms with van der Waals surface area (Å²) in [5, 5.41) is 3.13. The van der Waals surface area contributed by atoms with Gasteiger partial charge in [-0.15, -0.1) is 0 Å². The van der Waals surface area contributed by atoms with E-state index in [2.05, 4.69) is 20.2 Å². The first-order chi connectivity index (χ1) is 14.3. The summed E-state index contributed by atoms with van der Waals surface area (Å²) in [6, 6.07) is 5.23. The van der Waals surface area contributed by atoms with E-state index in [9.17, 15) is 18.0 Å². The van der Waals surface area contributed by atoms with Crippen LogP contribution in [0.2, 0.25) is 0 Å². The fourth-order valence-electron chi connectivity index (χ4n) is 3.41. The van der Waals surface area contributed by atoms with Crippen LogP contribution >= 0.6 is 0 Å². The van der Waals surface area contributed by atoms with E-state index in [1.165, 1.54) is 29.2 Å². The maximum absolute atomic E-state index is 12.9. The molecule has 30 heavy (non-hydrogen) atoms. The molecule has 2 heterocycles. The van der Waals surface area contributed by atoms with Gasteiger partial charge in [0.2, 0.25) is 0 Å². The summed E-state index contributed by atoms with van der Waals surface area (Å²) in [7, 11) is 0. The number of piperidine rings is 1. The van der Waals surface area contributed by atoms with Crippen LogP contribution in [0, 0.1) is 5.92 Å². The van der Waals surface area contributed by atoms with Gasteiger partial charge in [0.05, 0.1) is 0 Å². The summed E-state index contributed by atoms with van der Waals surface area (Å²) < 4.78 is 44.7. The quantitative estimate of drug-likeness (QED) is 0.501. The zero-order chi connectivity index (χ0) is 21.7. The molecule has 1 aliphatic rings. The van der Waals surface area contributed by atoms with Crippen molar-refractivity contribution in [3.05, 3.63) is 41.7 Å². The van der Waals surface area contributed by atoms with Gasteiger partial charge in [-0.1, -0.05) is 0 Å². The van der Waals surface area contributed by atoms with E-state index in [1.807, 2.05) is 0 Å². The first-order valence-electron chi connectivity index (χ1n) is 9.71. The Hall–Kier alpha value is -2.28. The molecule has 0 bridgehead atoms. The van der Waals surface area contributed by atoms with E-state index < -0.39 is 11.7 Å². The molecule has 0 spiro atoms. The van der Waals surface area contributed by atoms with Crippen LogP contribution in [0.1, 0.15) is 30.9 Å². The van der Waals surface area contributed by atoms with Crippen molar-refractivity contribution in [2.45, 2.75) is 32.5 Å². The van der Waals surface area contributed by atoms with Crippen LogP contribution in [0.5, 0.6) is 0 Å². The topological polar surface area (TPSA) is 67.3 Å². The van der Waals surface area contributed by atoms with Crippen LogP contribution in [-0.4, -0.2) is 52.5 Å². The van der Waals surface area contributed by atoms with Crippen molar-refractivity contribution in [1.29, 1.82) is 0 Å². The molecule has 3 rings (SSSR count). The predicted octanol–water partition coefficient (Wildman–Crippen LogP) is 2.15. The van der Waals surface area contributed by atoms with E-state index in [1.54, 1.807) is 13.0 Å². The van der Waals surface area contributed by atoms with E-state index in [4.69, 9.17) is 4.74 Å². The molecule has 6 nitrogen and oxygen atoms in total. The molecule has 1 fully saturated rings. The molecule has 1 aliphatic heterocycles. The van der Waals surface area contributed by atoms with Crippen LogP contribution in [0.3, 0.4) is 0 Å². The normalized spacial score (nSPS) is 15.2. The summed E-state index contributed by atoms with van der Waals surface area (Å²) in [6.07, 6.45) is -1.53. The van der Waals surface area contributed by atoms with Crippen molar-refractivity contribution < 1.29 is 22.7 Å². The van der Waals surface area contributed by atoms with Gasteiger partial charge >= 0.3 is 182 Å². The standard InChI is InChI=1S/C20H24AsF3N4O2/c1-2-30-19(29)14-6-8-28(9-7-14)18-16(21)17(26-12-27-18)25-11-13-4-3-5-15(10-13)20(22,23)24/h3-5,10,12,14H,2,6-9,11,21H2,1H3,(H,25,26,27). The molecule has 0 amide bonds. The molecule has 1 atom stereocenters. The number of aromatic nitrogens is 2. The molecule has 0 aliphatic carbocycles. The number of ether oxygens (including phenoxy) is 1. The van der Waals surface area contributed by atoms with E-state index in [0.29, 0.717) is 43.9 Å². The van der Waals surface area contributed by atoms with Crippen molar-refractivity contribution in [2.75, 3.05) is 29.9 Å². The van der Waals surface area contributed by atoms with Crippen molar-refractivity contribution in [1.82, 2.24) is 9.97 Å². The number of esters is 1.